The lowest BCUT2D eigenvalue weighted by Gasteiger charge is -2.24. The van der Waals surface area contributed by atoms with Crippen molar-refractivity contribution in [1.82, 2.24) is 10.3 Å². The molecule has 0 radical (unpaired) electrons. The van der Waals surface area contributed by atoms with E-state index in [0.717, 1.165) is 28.4 Å². The molecule has 3 aromatic rings. The van der Waals surface area contributed by atoms with Gasteiger partial charge in [-0.3, -0.25) is 9.27 Å². The minimum absolute atomic E-state index is 0.0285. The van der Waals surface area contributed by atoms with Gasteiger partial charge in [-0.25, -0.2) is 4.98 Å². The maximum absolute atomic E-state index is 11.0. The third-order valence-electron chi connectivity index (χ3n) is 4.68. The molecule has 6 nitrogen and oxygen atoms in total. The maximum Gasteiger partial charge on any atom is 0.357 e. The van der Waals surface area contributed by atoms with Crippen LogP contribution in [0.25, 0.3) is 11.3 Å². The van der Waals surface area contributed by atoms with Gasteiger partial charge < -0.3 is 5.32 Å². The Bertz CT molecular complexity index is 1100. The van der Waals surface area contributed by atoms with E-state index < -0.39 is 10.3 Å². The lowest BCUT2D eigenvalue weighted by atomic mass is 9.96. The first kappa shape index (κ1) is 23.4. The average Bonchev–Trinajstić information content (AvgIpc) is 3.07. The van der Waals surface area contributed by atoms with Gasteiger partial charge in [-0.15, -0.1) is 11.3 Å². The van der Waals surface area contributed by atoms with Crippen LogP contribution < -0.4 is 10.0 Å². The van der Waals surface area contributed by atoms with Crippen LogP contribution in [0.2, 0.25) is 0 Å². The largest absolute Gasteiger partial charge is 0.357 e. The predicted octanol–water partition coefficient (Wildman–Crippen LogP) is 5.25. The van der Waals surface area contributed by atoms with Gasteiger partial charge in [0.1, 0.15) is 5.01 Å². The van der Waals surface area contributed by atoms with Crippen LogP contribution in [0.3, 0.4) is 0 Å². The van der Waals surface area contributed by atoms with Gasteiger partial charge in [0.15, 0.2) is 0 Å². The van der Waals surface area contributed by atoms with Crippen molar-refractivity contribution in [3.8, 4) is 11.3 Å². The van der Waals surface area contributed by atoms with Gasteiger partial charge in [-0.2, -0.15) is 8.42 Å². The van der Waals surface area contributed by atoms with Gasteiger partial charge in [0, 0.05) is 17.0 Å². The molecule has 1 aromatic heterocycles. The molecule has 0 saturated carbocycles. The molecule has 166 valence electrons. The van der Waals surface area contributed by atoms with Crippen LogP contribution in [0.15, 0.2) is 54.6 Å². The average molecular weight is 460 g/mol. The first-order valence-corrected chi connectivity index (χ1v) is 12.4. The summed E-state index contributed by atoms with van der Waals surface area (Å²) < 4.78 is 33.0. The molecule has 1 atom stereocenters. The Morgan fingerprint density at radius 3 is 2.29 bits per heavy atom. The molecule has 1 heterocycles. The fraction of sp³-hybridized carbons (Fsp3) is 0.348. The van der Waals surface area contributed by atoms with Crippen LogP contribution >= 0.6 is 11.3 Å². The third-order valence-corrected chi connectivity index (χ3v) is 6.26. The number of nitrogens with zero attached hydrogens (tertiary/aromatic N) is 1. The Balaban J connectivity index is 1.85. The molecule has 0 saturated heterocycles. The predicted molar refractivity (Wildman–Crippen MR) is 128 cm³/mol. The first-order valence-electron chi connectivity index (χ1n) is 10.1. The Hall–Kier alpha value is -2.26. The molecule has 3 rings (SSSR count). The number of hydrogen-bond acceptors (Lipinski definition) is 5. The summed E-state index contributed by atoms with van der Waals surface area (Å²) >= 11 is 1.70. The fourth-order valence-corrected chi connectivity index (χ4v) is 4.65. The fourth-order valence-electron chi connectivity index (χ4n) is 3.20. The SMILES string of the molecule is Cc1sc([C@H](Cc2ccc(NS(=O)(=O)O)cc2)NCC(C)(C)C)nc1-c1ccccc1. The lowest BCUT2D eigenvalue weighted by molar-refractivity contribution is 0.351. The van der Waals surface area contributed by atoms with E-state index in [1.165, 1.54) is 4.88 Å². The molecule has 2 aromatic carbocycles. The number of anilines is 1. The first-order chi connectivity index (χ1) is 14.5. The smallest absolute Gasteiger partial charge is 0.307 e. The van der Waals surface area contributed by atoms with Crippen LogP contribution in [0, 0.1) is 12.3 Å². The van der Waals surface area contributed by atoms with Crippen molar-refractivity contribution < 1.29 is 13.0 Å². The summed E-state index contributed by atoms with van der Waals surface area (Å²) in [7, 11) is -4.28. The van der Waals surface area contributed by atoms with E-state index in [4.69, 9.17) is 9.54 Å². The standard InChI is InChI=1S/C23H29N3O3S2/c1-16-21(18-8-6-5-7-9-18)25-22(30-16)20(24-15-23(2,3)4)14-17-10-12-19(13-11-17)26-31(27,28)29/h5-13,20,24,26H,14-15H2,1-4H3,(H,27,28,29)/t20-/m0/s1. The highest BCUT2D eigenvalue weighted by atomic mass is 32.2. The van der Waals surface area contributed by atoms with Crippen molar-refractivity contribution in [2.24, 2.45) is 5.41 Å². The topological polar surface area (TPSA) is 91.3 Å². The molecule has 0 aliphatic rings. The van der Waals surface area contributed by atoms with E-state index in [1.807, 2.05) is 30.3 Å². The second-order valence-electron chi connectivity index (χ2n) is 8.80. The van der Waals surface area contributed by atoms with Crippen LogP contribution in [-0.4, -0.2) is 24.5 Å². The second-order valence-corrected chi connectivity index (χ2v) is 11.2. The molecule has 0 aliphatic carbocycles. The number of hydrogen-bond donors (Lipinski definition) is 3. The number of aromatic nitrogens is 1. The summed E-state index contributed by atoms with van der Waals surface area (Å²) in [5.41, 5.74) is 3.60. The minimum Gasteiger partial charge on any atom is -0.307 e. The Kier molecular flexibility index (Phi) is 7.16. The normalized spacial score (nSPS) is 13.2. The quantitative estimate of drug-likeness (QED) is 0.400. The van der Waals surface area contributed by atoms with E-state index >= 15 is 0 Å². The van der Waals surface area contributed by atoms with Crippen LogP contribution in [0.1, 0.15) is 42.3 Å². The molecule has 0 bridgehead atoms. The summed E-state index contributed by atoms with van der Waals surface area (Å²) in [6, 6.07) is 17.2. The molecule has 8 heteroatoms. The third kappa shape index (κ3) is 7.14. The van der Waals surface area contributed by atoms with E-state index in [2.05, 4.69) is 49.9 Å². The molecule has 31 heavy (non-hydrogen) atoms. The maximum atomic E-state index is 11.0. The molecule has 0 unspecified atom stereocenters. The van der Waals surface area contributed by atoms with E-state index in [1.54, 1.807) is 23.5 Å². The molecule has 0 amide bonds. The zero-order valence-corrected chi connectivity index (χ0v) is 19.8. The van der Waals surface area contributed by atoms with Crippen LogP contribution in [-0.2, 0) is 16.7 Å². The van der Waals surface area contributed by atoms with Crippen molar-refractivity contribution in [1.29, 1.82) is 0 Å². The van der Waals surface area contributed by atoms with Gasteiger partial charge in [0.05, 0.1) is 17.4 Å². The van der Waals surface area contributed by atoms with Crippen molar-refractivity contribution in [2.75, 3.05) is 11.3 Å². The van der Waals surface area contributed by atoms with Crippen LogP contribution in [0.5, 0.6) is 0 Å². The lowest BCUT2D eigenvalue weighted by Crippen LogP contribution is -2.31. The summed E-state index contributed by atoms with van der Waals surface area (Å²) in [5.74, 6) is 0. The van der Waals surface area contributed by atoms with Crippen molar-refractivity contribution in [3.05, 3.63) is 70.0 Å². The summed E-state index contributed by atoms with van der Waals surface area (Å²) in [6.07, 6.45) is 0.712. The highest BCUT2D eigenvalue weighted by Gasteiger charge is 2.21. The highest BCUT2D eigenvalue weighted by Crippen LogP contribution is 2.32. The zero-order valence-electron chi connectivity index (χ0n) is 18.2. The van der Waals surface area contributed by atoms with E-state index in [0.29, 0.717) is 12.1 Å². The Labute approximate surface area is 188 Å². The van der Waals surface area contributed by atoms with Gasteiger partial charge in [0.25, 0.3) is 0 Å². The molecular weight excluding hydrogens is 430 g/mol. The van der Waals surface area contributed by atoms with Crippen LogP contribution in [0.4, 0.5) is 5.69 Å². The molecule has 0 fully saturated rings. The minimum atomic E-state index is -4.28. The highest BCUT2D eigenvalue weighted by molar-refractivity contribution is 7.87. The number of aryl methyl sites for hydroxylation is 1. The molecule has 3 N–H and O–H groups in total. The van der Waals surface area contributed by atoms with Gasteiger partial charge in [0.2, 0.25) is 0 Å². The van der Waals surface area contributed by atoms with Crippen molar-refractivity contribution in [2.45, 2.75) is 40.2 Å². The van der Waals surface area contributed by atoms with Gasteiger partial charge in [-0.05, 0) is 36.5 Å². The molecule has 0 aliphatic heterocycles. The van der Waals surface area contributed by atoms with E-state index in [-0.39, 0.29) is 11.5 Å². The molecule has 0 spiro atoms. The zero-order chi connectivity index (χ0) is 22.6. The van der Waals surface area contributed by atoms with Gasteiger partial charge >= 0.3 is 10.3 Å². The summed E-state index contributed by atoms with van der Waals surface area (Å²) in [4.78, 5) is 6.15. The van der Waals surface area contributed by atoms with Crippen molar-refractivity contribution >= 4 is 27.3 Å². The Morgan fingerprint density at radius 2 is 1.71 bits per heavy atom. The monoisotopic (exact) mass is 459 g/mol. The summed E-state index contributed by atoms with van der Waals surface area (Å²) in [6.45, 7) is 9.50. The van der Waals surface area contributed by atoms with Crippen molar-refractivity contribution in [3.63, 3.8) is 0 Å². The molecular formula is C23H29N3O3S2. The number of nitrogens with one attached hydrogen (secondary N) is 2. The second kappa shape index (κ2) is 9.48. The van der Waals surface area contributed by atoms with E-state index in [9.17, 15) is 8.42 Å². The number of benzene rings is 2. The summed E-state index contributed by atoms with van der Waals surface area (Å²) in [5, 5.41) is 4.69. The Morgan fingerprint density at radius 1 is 1.06 bits per heavy atom. The van der Waals surface area contributed by atoms with Gasteiger partial charge in [-0.1, -0.05) is 63.2 Å². The number of thiazole rings is 1. The number of rotatable bonds is 8.